The van der Waals surface area contributed by atoms with E-state index in [4.69, 9.17) is 9.47 Å². The average molecular weight is 447 g/mol. The van der Waals surface area contributed by atoms with Crippen molar-refractivity contribution in [3.05, 3.63) is 65.2 Å². The standard InChI is InChI=1S/C28H34N2O3/c1-32-26-18-30(19-27(26)33-2)25-9-8-22(23(17-25)16-21-6-4-3-5-7-21)10-13-28(31)20-29-14-11-24(28)12-15-29/h3-9,17,24,26-27,31H,11-12,14-16,18-20H2,1-2H3/t26-,27+,28-/m1/s1. The molecule has 174 valence electrons. The highest BCUT2D eigenvalue weighted by molar-refractivity contribution is 5.57. The second kappa shape index (κ2) is 9.48. The summed E-state index contributed by atoms with van der Waals surface area (Å²) in [5, 5.41) is 11.3. The van der Waals surface area contributed by atoms with Gasteiger partial charge in [-0.3, -0.25) is 4.90 Å². The molecular weight excluding hydrogens is 412 g/mol. The monoisotopic (exact) mass is 446 g/mol. The van der Waals surface area contributed by atoms with Gasteiger partial charge < -0.3 is 19.5 Å². The molecule has 4 fully saturated rings. The Balaban J connectivity index is 1.45. The van der Waals surface area contributed by atoms with E-state index in [1.807, 2.05) is 6.07 Å². The third-order valence-electron chi connectivity index (χ3n) is 7.65. The lowest BCUT2D eigenvalue weighted by Gasteiger charge is -2.47. The zero-order valence-corrected chi connectivity index (χ0v) is 19.7. The van der Waals surface area contributed by atoms with Gasteiger partial charge in [-0.15, -0.1) is 0 Å². The molecule has 3 atom stereocenters. The number of ether oxygens (including phenoxy) is 2. The van der Waals surface area contributed by atoms with Crippen molar-refractivity contribution in [3.63, 3.8) is 0 Å². The molecule has 0 radical (unpaired) electrons. The van der Waals surface area contributed by atoms with E-state index in [1.165, 1.54) is 11.1 Å². The first-order chi connectivity index (χ1) is 16.1. The smallest absolute Gasteiger partial charge is 0.141 e. The Labute approximate surface area is 197 Å². The lowest BCUT2D eigenvalue weighted by atomic mass is 9.75. The van der Waals surface area contributed by atoms with Crippen LogP contribution in [0.25, 0.3) is 0 Å². The van der Waals surface area contributed by atoms with Crippen LogP contribution < -0.4 is 4.90 Å². The summed E-state index contributed by atoms with van der Waals surface area (Å²) in [6.07, 6.45) is 3.02. The van der Waals surface area contributed by atoms with Gasteiger partial charge in [-0.05, 0) is 61.7 Å². The van der Waals surface area contributed by atoms with Crippen LogP contribution in [0.5, 0.6) is 0 Å². The number of rotatable bonds is 5. The second-order valence-corrected chi connectivity index (χ2v) is 9.68. The summed E-state index contributed by atoms with van der Waals surface area (Å²) in [5.41, 5.74) is 3.70. The van der Waals surface area contributed by atoms with Gasteiger partial charge in [-0.2, -0.15) is 0 Å². The predicted octanol–water partition coefficient (Wildman–Crippen LogP) is 2.94. The van der Waals surface area contributed by atoms with Crippen molar-refractivity contribution in [3.8, 4) is 11.8 Å². The Bertz CT molecular complexity index is 1010. The Hall–Kier alpha value is -2.36. The molecule has 4 saturated heterocycles. The second-order valence-electron chi connectivity index (χ2n) is 9.68. The summed E-state index contributed by atoms with van der Waals surface area (Å²) in [6, 6.07) is 17.0. The van der Waals surface area contributed by atoms with Gasteiger partial charge in [0.2, 0.25) is 0 Å². The van der Waals surface area contributed by atoms with Crippen LogP contribution in [0.3, 0.4) is 0 Å². The van der Waals surface area contributed by atoms with Crippen LogP contribution in [0, 0.1) is 17.8 Å². The molecule has 0 unspecified atom stereocenters. The number of aliphatic hydroxyl groups is 1. The van der Waals surface area contributed by atoms with Crippen molar-refractivity contribution < 1.29 is 14.6 Å². The molecule has 2 aromatic carbocycles. The van der Waals surface area contributed by atoms with Crippen LogP contribution >= 0.6 is 0 Å². The van der Waals surface area contributed by atoms with E-state index in [0.717, 1.165) is 56.7 Å². The van der Waals surface area contributed by atoms with Crippen molar-refractivity contribution >= 4 is 5.69 Å². The van der Waals surface area contributed by atoms with E-state index in [9.17, 15) is 5.11 Å². The van der Waals surface area contributed by atoms with Gasteiger partial charge in [0.05, 0.1) is 0 Å². The highest BCUT2D eigenvalue weighted by Crippen LogP contribution is 2.35. The number of piperidine rings is 3. The summed E-state index contributed by atoms with van der Waals surface area (Å²) in [5.74, 6) is 6.98. The number of anilines is 1. The number of nitrogens with zero attached hydrogens (tertiary/aromatic N) is 2. The van der Waals surface area contributed by atoms with Gasteiger partial charge in [0.25, 0.3) is 0 Å². The number of hydrogen-bond acceptors (Lipinski definition) is 5. The number of benzene rings is 2. The minimum Gasteiger partial charge on any atom is -0.377 e. The Morgan fingerprint density at radius 3 is 2.30 bits per heavy atom. The molecule has 6 rings (SSSR count). The zero-order valence-electron chi connectivity index (χ0n) is 19.7. The van der Waals surface area contributed by atoms with Crippen molar-refractivity contribution in [2.75, 3.05) is 51.8 Å². The molecule has 33 heavy (non-hydrogen) atoms. The Kier molecular flexibility index (Phi) is 6.44. The highest BCUT2D eigenvalue weighted by Gasteiger charge is 2.44. The number of fused-ring (bicyclic) bond motifs is 3. The van der Waals surface area contributed by atoms with Crippen LogP contribution in [-0.2, 0) is 15.9 Å². The van der Waals surface area contributed by atoms with Crippen molar-refractivity contribution in [2.45, 2.75) is 37.1 Å². The van der Waals surface area contributed by atoms with Gasteiger partial charge in [-0.25, -0.2) is 0 Å². The molecule has 0 aliphatic carbocycles. The molecule has 5 nitrogen and oxygen atoms in total. The van der Waals surface area contributed by atoms with Crippen molar-refractivity contribution in [2.24, 2.45) is 5.92 Å². The first kappa shape index (κ1) is 22.4. The van der Waals surface area contributed by atoms with Gasteiger partial charge >= 0.3 is 0 Å². The molecule has 4 heterocycles. The fourth-order valence-electron chi connectivity index (χ4n) is 5.62. The predicted molar refractivity (Wildman–Crippen MR) is 130 cm³/mol. The van der Waals surface area contributed by atoms with Gasteiger partial charge in [-0.1, -0.05) is 42.2 Å². The molecule has 0 aromatic heterocycles. The quantitative estimate of drug-likeness (QED) is 0.716. The van der Waals surface area contributed by atoms with E-state index in [2.05, 4.69) is 64.1 Å². The molecule has 5 heteroatoms. The molecule has 4 aliphatic heterocycles. The van der Waals surface area contributed by atoms with Gasteiger partial charge in [0, 0.05) is 51.0 Å². The molecule has 2 bridgehead atoms. The first-order valence-corrected chi connectivity index (χ1v) is 12.0. The van der Waals surface area contributed by atoms with Gasteiger partial charge in [0.1, 0.15) is 17.8 Å². The topological polar surface area (TPSA) is 45.2 Å². The van der Waals surface area contributed by atoms with Gasteiger partial charge in [0.15, 0.2) is 0 Å². The summed E-state index contributed by atoms with van der Waals surface area (Å²) in [7, 11) is 3.50. The maximum absolute atomic E-state index is 11.3. The van der Waals surface area contributed by atoms with E-state index in [1.54, 1.807) is 14.2 Å². The third-order valence-corrected chi connectivity index (χ3v) is 7.65. The summed E-state index contributed by atoms with van der Waals surface area (Å²) in [4.78, 5) is 4.67. The van der Waals surface area contributed by atoms with Crippen LogP contribution in [0.2, 0.25) is 0 Å². The number of hydrogen-bond donors (Lipinski definition) is 1. The maximum atomic E-state index is 11.3. The molecule has 0 spiro atoms. The lowest BCUT2D eigenvalue weighted by Crippen LogP contribution is -2.58. The highest BCUT2D eigenvalue weighted by atomic mass is 16.5. The molecule has 0 saturated carbocycles. The minimum absolute atomic E-state index is 0.0676. The maximum Gasteiger partial charge on any atom is 0.141 e. The SMILES string of the molecule is CO[C@H]1CN(c2ccc(C#C[C@@]3(O)CN4CCC3CC4)c(Cc3ccccc3)c2)C[C@H]1OC. The zero-order chi connectivity index (χ0) is 22.8. The number of methoxy groups -OCH3 is 2. The minimum atomic E-state index is -0.897. The normalized spacial score (nSPS) is 30.8. The summed E-state index contributed by atoms with van der Waals surface area (Å²) < 4.78 is 11.3. The van der Waals surface area contributed by atoms with Crippen LogP contribution in [0.1, 0.15) is 29.5 Å². The van der Waals surface area contributed by atoms with E-state index in [0.29, 0.717) is 6.54 Å². The third kappa shape index (κ3) is 4.67. The largest absolute Gasteiger partial charge is 0.377 e. The van der Waals surface area contributed by atoms with Crippen molar-refractivity contribution in [1.82, 2.24) is 4.90 Å². The van der Waals surface area contributed by atoms with Crippen LogP contribution in [-0.4, -0.2) is 74.8 Å². The van der Waals surface area contributed by atoms with E-state index >= 15 is 0 Å². The fourth-order valence-corrected chi connectivity index (χ4v) is 5.62. The molecular formula is C28H34N2O3. The average Bonchev–Trinajstić information content (AvgIpc) is 3.28. The van der Waals surface area contributed by atoms with E-state index < -0.39 is 5.60 Å². The Morgan fingerprint density at radius 1 is 1.00 bits per heavy atom. The van der Waals surface area contributed by atoms with E-state index in [-0.39, 0.29) is 18.1 Å². The molecule has 1 N–H and O–H groups in total. The summed E-state index contributed by atoms with van der Waals surface area (Å²) >= 11 is 0. The molecule has 0 amide bonds. The lowest BCUT2D eigenvalue weighted by molar-refractivity contribution is -0.0713. The van der Waals surface area contributed by atoms with Crippen LogP contribution in [0.4, 0.5) is 5.69 Å². The van der Waals surface area contributed by atoms with Crippen molar-refractivity contribution in [1.29, 1.82) is 0 Å². The van der Waals surface area contributed by atoms with Crippen LogP contribution in [0.15, 0.2) is 48.5 Å². The first-order valence-electron chi connectivity index (χ1n) is 12.0. The Morgan fingerprint density at radius 2 is 1.70 bits per heavy atom. The molecule has 4 aliphatic rings. The summed E-state index contributed by atoms with van der Waals surface area (Å²) in [6.45, 7) is 4.46. The molecule has 2 aromatic rings. The fraction of sp³-hybridized carbons (Fsp3) is 0.500.